The molecule has 1 atom stereocenters. The van der Waals surface area contributed by atoms with Crippen molar-refractivity contribution in [3.63, 3.8) is 0 Å². The van der Waals surface area contributed by atoms with Crippen molar-refractivity contribution >= 4 is 5.91 Å². The molecule has 0 rings (SSSR count). The van der Waals surface area contributed by atoms with Crippen LogP contribution in [0.15, 0.2) is 0 Å². The van der Waals surface area contributed by atoms with Crippen LogP contribution in [0.25, 0.3) is 0 Å². The summed E-state index contributed by atoms with van der Waals surface area (Å²) in [5.41, 5.74) is 11.1. The quantitative estimate of drug-likeness (QED) is 0.491. The second-order valence-corrected chi connectivity index (χ2v) is 4.24. The van der Waals surface area contributed by atoms with Crippen LogP contribution in [0.2, 0.25) is 0 Å². The average molecular weight is 229 g/mol. The van der Waals surface area contributed by atoms with E-state index >= 15 is 0 Å². The second-order valence-electron chi connectivity index (χ2n) is 4.24. The van der Waals surface area contributed by atoms with Gasteiger partial charge in [-0.05, 0) is 25.8 Å². The predicted molar refractivity (Wildman–Crippen MR) is 68.0 cm³/mol. The molecule has 0 saturated carbocycles. The van der Waals surface area contributed by atoms with Crippen molar-refractivity contribution < 1.29 is 4.79 Å². The van der Waals surface area contributed by atoms with Gasteiger partial charge in [0.05, 0.1) is 6.04 Å². The number of nitrogens with one attached hydrogen (secondary N) is 1. The van der Waals surface area contributed by atoms with E-state index in [1.807, 2.05) is 0 Å². The summed E-state index contributed by atoms with van der Waals surface area (Å²) < 4.78 is 0. The van der Waals surface area contributed by atoms with Gasteiger partial charge in [0.2, 0.25) is 5.91 Å². The summed E-state index contributed by atoms with van der Waals surface area (Å²) in [7, 11) is 0. The molecular weight excluding hydrogens is 202 g/mol. The number of amides is 1. The van der Waals surface area contributed by atoms with Gasteiger partial charge in [-0.15, -0.1) is 0 Å². The summed E-state index contributed by atoms with van der Waals surface area (Å²) in [5.74, 6) is -0.0199. The SMILES string of the molecule is CCCCCCNC(=O)[C@@H](N)CCCCN. The lowest BCUT2D eigenvalue weighted by Crippen LogP contribution is -2.40. The monoisotopic (exact) mass is 229 g/mol. The highest BCUT2D eigenvalue weighted by Gasteiger charge is 2.11. The Morgan fingerprint density at radius 3 is 2.56 bits per heavy atom. The van der Waals surface area contributed by atoms with E-state index in [1.54, 1.807) is 0 Å². The molecule has 96 valence electrons. The third kappa shape index (κ3) is 8.68. The topological polar surface area (TPSA) is 81.1 Å². The molecule has 0 heterocycles. The van der Waals surface area contributed by atoms with E-state index < -0.39 is 0 Å². The van der Waals surface area contributed by atoms with Gasteiger partial charge in [-0.1, -0.05) is 32.6 Å². The molecule has 0 aromatic heterocycles. The molecule has 0 bridgehead atoms. The first-order valence-corrected chi connectivity index (χ1v) is 6.45. The first-order chi connectivity index (χ1) is 7.72. The Balaban J connectivity index is 3.40. The van der Waals surface area contributed by atoms with E-state index in [0.29, 0.717) is 6.54 Å². The van der Waals surface area contributed by atoms with Crippen molar-refractivity contribution in [2.24, 2.45) is 11.5 Å². The van der Waals surface area contributed by atoms with Gasteiger partial charge >= 0.3 is 0 Å². The van der Waals surface area contributed by atoms with Crippen molar-refractivity contribution in [3.8, 4) is 0 Å². The molecule has 0 spiro atoms. The maximum absolute atomic E-state index is 11.5. The first-order valence-electron chi connectivity index (χ1n) is 6.45. The van der Waals surface area contributed by atoms with Crippen molar-refractivity contribution in [2.45, 2.75) is 57.9 Å². The molecule has 1 amide bonds. The minimum Gasteiger partial charge on any atom is -0.355 e. The van der Waals surface area contributed by atoms with Gasteiger partial charge in [-0.3, -0.25) is 4.79 Å². The number of unbranched alkanes of at least 4 members (excludes halogenated alkanes) is 4. The summed E-state index contributed by atoms with van der Waals surface area (Å²) in [4.78, 5) is 11.5. The van der Waals surface area contributed by atoms with E-state index in [1.165, 1.54) is 19.3 Å². The lowest BCUT2D eigenvalue weighted by molar-refractivity contribution is -0.122. The summed E-state index contributed by atoms with van der Waals surface area (Å²) >= 11 is 0. The number of nitrogens with two attached hydrogens (primary N) is 2. The van der Waals surface area contributed by atoms with Crippen molar-refractivity contribution in [3.05, 3.63) is 0 Å². The van der Waals surface area contributed by atoms with Gasteiger partial charge in [0.15, 0.2) is 0 Å². The molecule has 0 saturated heterocycles. The average Bonchev–Trinajstić information content (AvgIpc) is 2.28. The van der Waals surface area contributed by atoms with E-state index in [0.717, 1.165) is 32.2 Å². The molecular formula is C12H27N3O. The standard InChI is InChI=1S/C12H27N3O/c1-2-3-4-7-10-15-12(16)11(14)8-5-6-9-13/h11H,2-10,13-14H2,1H3,(H,15,16)/t11-/m0/s1. The third-order valence-electron chi connectivity index (χ3n) is 2.64. The first kappa shape index (κ1) is 15.4. The van der Waals surface area contributed by atoms with Crippen LogP contribution in [-0.4, -0.2) is 25.0 Å². The molecule has 0 aromatic rings. The Morgan fingerprint density at radius 2 is 1.94 bits per heavy atom. The molecule has 0 radical (unpaired) electrons. The molecule has 0 fully saturated rings. The van der Waals surface area contributed by atoms with Crippen molar-refractivity contribution in [1.29, 1.82) is 0 Å². The smallest absolute Gasteiger partial charge is 0.236 e. The molecule has 16 heavy (non-hydrogen) atoms. The van der Waals surface area contributed by atoms with Gasteiger partial charge < -0.3 is 16.8 Å². The van der Waals surface area contributed by atoms with Crippen LogP contribution in [0.1, 0.15) is 51.9 Å². The molecule has 4 nitrogen and oxygen atoms in total. The van der Waals surface area contributed by atoms with Crippen LogP contribution in [0, 0.1) is 0 Å². The fourth-order valence-corrected chi connectivity index (χ4v) is 1.53. The minimum absolute atomic E-state index is 0.0199. The highest BCUT2D eigenvalue weighted by atomic mass is 16.2. The highest BCUT2D eigenvalue weighted by molar-refractivity contribution is 5.81. The molecule has 0 aliphatic rings. The maximum Gasteiger partial charge on any atom is 0.236 e. The largest absolute Gasteiger partial charge is 0.355 e. The second kappa shape index (κ2) is 10.9. The third-order valence-corrected chi connectivity index (χ3v) is 2.64. The zero-order valence-corrected chi connectivity index (χ0v) is 10.5. The van der Waals surface area contributed by atoms with E-state index in [2.05, 4.69) is 12.2 Å². The molecule has 0 unspecified atom stereocenters. The van der Waals surface area contributed by atoms with E-state index in [4.69, 9.17) is 11.5 Å². The minimum atomic E-state index is -0.363. The molecule has 4 heteroatoms. The summed E-state index contributed by atoms with van der Waals surface area (Å²) in [6.45, 7) is 3.60. The van der Waals surface area contributed by atoms with Crippen molar-refractivity contribution in [2.75, 3.05) is 13.1 Å². The fraction of sp³-hybridized carbons (Fsp3) is 0.917. The number of rotatable bonds is 10. The van der Waals surface area contributed by atoms with E-state index in [-0.39, 0.29) is 11.9 Å². The zero-order valence-electron chi connectivity index (χ0n) is 10.5. The van der Waals surface area contributed by atoms with Crippen LogP contribution in [-0.2, 0) is 4.79 Å². The van der Waals surface area contributed by atoms with Gasteiger partial charge in [0.25, 0.3) is 0 Å². The van der Waals surface area contributed by atoms with Crippen LogP contribution in [0.5, 0.6) is 0 Å². The number of carbonyl (C=O) groups excluding carboxylic acids is 1. The Morgan fingerprint density at radius 1 is 1.19 bits per heavy atom. The molecule has 0 aromatic carbocycles. The fourth-order valence-electron chi connectivity index (χ4n) is 1.53. The molecule has 5 N–H and O–H groups in total. The lowest BCUT2D eigenvalue weighted by atomic mass is 10.1. The normalized spacial score (nSPS) is 12.4. The van der Waals surface area contributed by atoms with E-state index in [9.17, 15) is 4.79 Å². The Bertz CT molecular complexity index is 174. The predicted octanol–water partition coefficient (Wildman–Crippen LogP) is 1.14. The Labute approximate surface area is 99.1 Å². The van der Waals surface area contributed by atoms with Gasteiger partial charge in [-0.25, -0.2) is 0 Å². The van der Waals surface area contributed by atoms with Gasteiger partial charge in [0.1, 0.15) is 0 Å². The van der Waals surface area contributed by atoms with Gasteiger partial charge in [-0.2, -0.15) is 0 Å². The maximum atomic E-state index is 11.5. The van der Waals surface area contributed by atoms with Crippen molar-refractivity contribution in [1.82, 2.24) is 5.32 Å². The van der Waals surface area contributed by atoms with Crippen LogP contribution >= 0.6 is 0 Å². The number of hydrogen-bond acceptors (Lipinski definition) is 3. The molecule has 0 aliphatic carbocycles. The Hall–Kier alpha value is -0.610. The lowest BCUT2D eigenvalue weighted by Gasteiger charge is -2.11. The zero-order chi connectivity index (χ0) is 12.2. The summed E-state index contributed by atoms with van der Waals surface area (Å²) in [6, 6.07) is -0.363. The van der Waals surface area contributed by atoms with Crippen LogP contribution in [0.3, 0.4) is 0 Å². The van der Waals surface area contributed by atoms with Crippen LogP contribution < -0.4 is 16.8 Å². The number of hydrogen-bond donors (Lipinski definition) is 3. The van der Waals surface area contributed by atoms with Crippen LogP contribution in [0.4, 0.5) is 0 Å². The number of carbonyl (C=O) groups is 1. The molecule has 0 aliphatic heterocycles. The summed E-state index contributed by atoms with van der Waals surface area (Å²) in [5, 5.41) is 2.87. The highest BCUT2D eigenvalue weighted by Crippen LogP contribution is 1.99. The summed E-state index contributed by atoms with van der Waals surface area (Å²) in [6.07, 6.45) is 7.29. The van der Waals surface area contributed by atoms with Gasteiger partial charge in [0, 0.05) is 6.54 Å². The Kier molecular flexibility index (Phi) is 10.5.